The molecule has 2 rings (SSSR count). The Morgan fingerprint density at radius 2 is 2.20 bits per heavy atom. The predicted molar refractivity (Wildman–Crippen MR) is 57.3 cm³/mol. The SMILES string of the molecule is Cc1nc2n(c(=O)c1CCO)CCN2C. The van der Waals surface area contributed by atoms with Crippen LogP contribution in [0.25, 0.3) is 0 Å². The monoisotopic (exact) mass is 209 g/mol. The van der Waals surface area contributed by atoms with Crippen LogP contribution in [0.4, 0.5) is 5.95 Å². The molecule has 1 aliphatic heterocycles. The molecule has 82 valence electrons. The van der Waals surface area contributed by atoms with Gasteiger partial charge in [0.15, 0.2) is 0 Å². The molecule has 1 aliphatic rings. The molecule has 0 spiro atoms. The summed E-state index contributed by atoms with van der Waals surface area (Å²) < 4.78 is 1.68. The summed E-state index contributed by atoms with van der Waals surface area (Å²) in [5, 5.41) is 8.88. The van der Waals surface area contributed by atoms with Crippen molar-refractivity contribution in [3.8, 4) is 0 Å². The van der Waals surface area contributed by atoms with E-state index in [1.54, 1.807) is 4.57 Å². The van der Waals surface area contributed by atoms with Gasteiger partial charge in [-0.05, 0) is 6.92 Å². The summed E-state index contributed by atoms with van der Waals surface area (Å²) >= 11 is 0. The molecule has 1 N–H and O–H groups in total. The van der Waals surface area contributed by atoms with E-state index in [0.29, 0.717) is 18.5 Å². The normalized spacial score (nSPS) is 14.5. The molecule has 1 aromatic rings. The van der Waals surface area contributed by atoms with E-state index in [0.717, 1.165) is 18.2 Å². The van der Waals surface area contributed by atoms with Crippen LogP contribution in [0.3, 0.4) is 0 Å². The third-order valence-electron chi connectivity index (χ3n) is 2.81. The lowest BCUT2D eigenvalue weighted by molar-refractivity contribution is 0.298. The summed E-state index contributed by atoms with van der Waals surface area (Å²) in [6, 6.07) is 0. The molecule has 1 aromatic heterocycles. The van der Waals surface area contributed by atoms with Gasteiger partial charge in [0.2, 0.25) is 5.95 Å². The van der Waals surface area contributed by atoms with Crippen molar-refractivity contribution in [1.82, 2.24) is 9.55 Å². The van der Waals surface area contributed by atoms with E-state index in [9.17, 15) is 4.79 Å². The second-order valence-corrected chi connectivity index (χ2v) is 3.83. The van der Waals surface area contributed by atoms with Crippen molar-refractivity contribution in [2.75, 3.05) is 25.1 Å². The fourth-order valence-electron chi connectivity index (χ4n) is 1.93. The number of likely N-dealkylation sites (N-methyl/N-ethyl adjacent to an activating group) is 1. The zero-order valence-corrected chi connectivity index (χ0v) is 9.03. The van der Waals surface area contributed by atoms with E-state index in [2.05, 4.69) is 4.98 Å². The molecular formula is C10H15N3O2. The minimum absolute atomic E-state index is 0.00380. The number of anilines is 1. The van der Waals surface area contributed by atoms with Crippen molar-refractivity contribution >= 4 is 5.95 Å². The highest BCUT2D eigenvalue weighted by atomic mass is 16.3. The first kappa shape index (κ1) is 10.2. The van der Waals surface area contributed by atoms with Crippen molar-refractivity contribution in [3.63, 3.8) is 0 Å². The number of aliphatic hydroxyl groups is 1. The fraction of sp³-hybridized carbons (Fsp3) is 0.600. The zero-order chi connectivity index (χ0) is 11.0. The highest BCUT2D eigenvalue weighted by Crippen LogP contribution is 2.15. The molecule has 0 saturated carbocycles. The van der Waals surface area contributed by atoms with E-state index in [1.807, 2.05) is 18.9 Å². The molecule has 0 saturated heterocycles. The summed E-state index contributed by atoms with van der Waals surface area (Å²) in [7, 11) is 1.93. The quantitative estimate of drug-likeness (QED) is 0.716. The van der Waals surface area contributed by atoms with E-state index >= 15 is 0 Å². The van der Waals surface area contributed by atoms with Gasteiger partial charge >= 0.3 is 0 Å². The van der Waals surface area contributed by atoms with Gasteiger partial charge in [0.05, 0.1) is 5.69 Å². The van der Waals surface area contributed by atoms with E-state index in [4.69, 9.17) is 5.11 Å². The minimum atomic E-state index is -0.00700. The maximum atomic E-state index is 12.0. The standard InChI is InChI=1S/C10H15N3O2/c1-7-8(3-6-14)9(15)13-5-4-12(2)10(13)11-7/h14H,3-6H2,1-2H3. The Morgan fingerprint density at radius 1 is 1.47 bits per heavy atom. The fourth-order valence-corrected chi connectivity index (χ4v) is 1.93. The Labute approximate surface area is 88.0 Å². The second-order valence-electron chi connectivity index (χ2n) is 3.83. The van der Waals surface area contributed by atoms with Gasteiger partial charge in [0, 0.05) is 38.7 Å². The van der Waals surface area contributed by atoms with Crippen molar-refractivity contribution in [2.45, 2.75) is 19.9 Å². The number of nitrogens with zero attached hydrogens (tertiary/aromatic N) is 3. The Morgan fingerprint density at radius 3 is 2.87 bits per heavy atom. The lowest BCUT2D eigenvalue weighted by atomic mass is 10.2. The van der Waals surface area contributed by atoms with E-state index in [1.165, 1.54) is 0 Å². The van der Waals surface area contributed by atoms with Gasteiger partial charge in [-0.1, -0.05) is 0 Å². The van der Waals surface area contributed by atoms with Gasteiger partial charge in [-0.2, -0.15) is 0 Å². The minimum Gasteiger partial charge on any atom is -0.396 e. The Bertz CT molecular complexity index is 439. The van der Waals surface area contributed by atoms with Crippen LogP contribution in [0.15, 0.2) is 4.79 Å². The first-order valence-corrected chi connectivity index (χ1v) is 5.07. The molecule has 15 heavy (non-hydrogen) atoms. The third kappa shape index (κ3) is 1.52. The Kier molecular flexibility index (Phi) is 2.48. The molecular weight excluding hydrogens is 194 g/mol. The predicted octanol–water partition coefficient (Wildman–Crippen LogP) is -0.464. The van der Waals surface area contributed by atoms with Crippen LogP contribution in [0.1, 0.15) is 11.3 Å². The number of hydrogen-bond acceptors (Lipinski definition) is 4. The second kappa shape index (κ2) is 3.66. The van der Waals surface area contributed by atoms with Gasteiger partial charge in [-0.15, -0.1) is 0 Å². The van der Waals surface area contributed by atoms with Crippen LogP contribution in [-0.2, 0) is 13.0 Å². The average Bonchev–Trinajstić information content (AvgIpc) is 2.55. The molecule has 0 fully saturated rings. The summed E-state index contributed by atoms with van der Waals surface area (Å²) in [5.74, 6) is 0.735. The number of hydrogen-bond donors (Lipinski definition) is 1. The molecule has 5 heteroatoms. The summed E-state index contributed by atoms with van der Waals surface area (Å²) in [6.07, 6.45) is 0.391. The van der Waals surface area contributed by atoms with Crippen molar-refractivity contribution in [1.29, 1.82) is 0 Å². The lowest BCUT2D eigenvalue weighted by Crippen LogP contribution is -2.26. The molecule has 0 radical (unpaired) electrons. The first-order chi connectivity index (χ1) is 7.15. The summed E-state index contributed by atoms with van der Waals surface area (Å²) in [5.41, 5.74) is 1.36. The van der Waals surface area contributed by atoms with Crippen molar-refractivity contribution in [3.05, 3.63) is 21.6 Å². The van der Waals surface area contributed by atoms with Crippen LogP contribution in [-0.4, -0.2) is 34.9 Å². The average molecular weight is 209 g/mol. The van der Waals surface area contributed by atoms with Gasteiger partial charge < -0.3 is 10.0 Å². The molecule has 0 aromatic carbocycles. The van der Waals surface area contributed by atoms with Gasteiger partial charge in [-0.25, -0.2) is 4.98 Å². The smallest absolute Gasteiger partial charge is 0.258 e. The number of aryl methyl sites for hydroxylation is 1. The van der Waals surface area contributed by atoms with Gasteiger partial charge in [-0.3, -0.25) is 9.36 Å². The number of aromatic nitrogens is 2. The molecule has 0 unspecified atom stereocenters. The number of fused-ring (bicyclic) bond motifs is 1. The van der Waals surface area contributed by atoms with Gasteiger partial charge in [0.25, 0.3) is 5.56 Å². The Hall–Kier alpha value is -1.36. The third-order valence-corrected chi connectivity index (χ3v) is 2.81. The number of aliphatic hydroxyl groups excluding tert-OH is 1. The van der Waals surface area contributed by atoms with Crippen LogP contribution in [0.2, 0.25) is 0 Å². The summed E-state index contributed by atoms with van der Waals surface area (Å²) in [6.45, 7) is 3.33. The summed E-state index contributed by atoms with van der Waals surface area (Å²) in [4.78, 5) is 18.4. The maximum absolute atomic E-state index is 12.0. The van der Waals surface area contributed by atoms with Crippen molar-refractivity contribution in [2.24, 2.45) is 0 Å². The lowest BCUT2D eigenvalue weighted by Gasteiger charge is -2.12. The molecule has 0 bridgehead atoms. The highest BCUT2D eigenvalue weighted by molar-refractivity contribution is 5.37. The Balaban J connectivity index is 2.58. The first-order valence-electron chi connectivity index (χ1n) is 5.07. The molecule has 0 amide bonds. The largest absolute Gasteiger partial charge is 0.396 e. The zero-order valence-electron chi connectivity index (χ0n) is 9.03. The molecule has 0 aliphatic carbocycles. The number of rotatable bonds is 2. The van der Waals surface area contributed by atoms with Crippen LogP contribution < -0.4 is 10.5 Å². The van der Waals surface area contributed by atoms with Gasteiger partial charge in [0.1, 0.15) is 0 Å². The molecule has 0 atom stereocenters. The van der Waals surface area contributed by atoms with E-state index in [-0.39, 0.29) is 12.2 Å². The van der Waals surface area contributed by atoms with E-state index < -0.39 is 0 Å². The maximum Gasteiger partial charge on any atom is 0.258 e. The molecule has 2 heterocycles. The van der Waals surface area contributed by atoms with Crippen LogP contribution in [0.5, 0.6) is 0 Å². The molecule has 5 nitrogen and oxygen atoms in total. The van der Waals surface area contributed by atoms with Crippen LogP contribution in [0, 0.1) is 6.92 Å². The highest BCUT2D eigenvalue weighted by Gasteiger charge is 2.21. The van der Waals surface area contributed by atoms with Crippen molar-refractivity contribution < 1.29 is 5.11 Å². The topological polar surface area (TPSA) is 58.4 Å². The van der Waals surface area contributed by atoms with Crippen LogP contribution >= 0.6 is 0 Å².